The molecule has 1 aromatic heterocycles. The molecular formula is C22H25ClN2O2. The Morgan fingerprint density at radius 2 is 2.07 bits per heavy atom. The first-order valence-electron chi connectivity index (χ1n) is 9.59. The number of H-pyrrole nitrogens is 1. The summed E-state index contributed by atoms with van der Waals surface area (Å²) in [5, 5.41) is 1.88. The van der Waals surface area contributed by atoms with E-state index in [1.54, 1.807) is 12.3 Å². The van der Waals surface area contributed by atoms with E-state index in [0.717, 1.165) is 43.9 Å². The summed E-state index contributed by atoms with van der Waals surface area (Å²) in [6.07, 6.45) is 12.1. The van der Waals surface area contributed by atoms with Crippen LogP contribution in [0.2, 0.25) is 5.02 Å². The first-order valence-corrected chi connectivity index (χ1v) is 9.97. The highest BCUT2D eigenvalue weighted by Crippen LogP contribution is 2.39. The molecule has 0 bridgehead atoms. The Balaban J connectivity index is 1.48. The number of ether oxygens (including phenoxy) is 1. The average Bonchev–Trinajstić information content (AvgIpc) is 2.65. The van der Waals surface area contributed by atoms with Gasteiger partial charge in [0.1, 0.15) is 5.75 Å². The van der Waals surface area contributed by atoms with Crippen LogP contribution in [0.3, 0.4) is 0 Å². The second kappa shape index (κ2) is 7.17. The van der Waals surface area contributed by atoms with Crippen LogP contribution in [0.25, 0.3) is 10.8 Å². The van der Waals surface area contributed by atoms with Crippen LogP contribution >= 0.6 is 11.6 Å². The number of rotatable bonds is 3. The van der Waals surface area contributed by atoms with Crippen LogP contribution in [0, 0.1) is 0 Å². The number of benzene rings is 1. The molecule has 2 aromatic rings. The first kappa shape index (κ1) is 18.3. The summed E-state index contributed by atoms with van der Waals surface area (Å²) in [6, 6.07) is 5.40. The lowest BCUT2D eigenvalue weighted by molar-refractivity contribution is 0.128. The minimum Gasteiger partial charge on any atom is -0.489 e. The van der Waals surface area contributed by atoms with Crippen LogP contribution in [0.1, 0.15) is 45.4 Å². The lowest BCUT2D eigenvalue weighted by Crippen LogP contribution is -2.47. The Morgan fingerprint density at radius 3 is 2.81 bits per heavy atom. The number of aromatic nitrogens is 1. The van der Waals surface area contributed by atoms with Crippen molar-refractivity contribution in [1.29, 1.82) is 0 Å². The molecule has 0 radical (unpaired) electrons. The quantitative estimate of drug-likeness (QED) is 0.793. The predicted molar refractivity (Wildman–Crippen MR) is 110 cm³/mol. The number of aromatic amines is 1. The Morgan fingerprint density at radius 1 is 1.30 bits per heavy atom. The number of allylic oxidation sites excluding steroid dienone is 3. The van der Waals surface area contributed by atoms with Gasteiger partial charge in [-0.1, -0.05) is 29.3 Å². The van der Waals surface area contributed by atoms with Crippen LogP contribution in [-0.4, -0.2) is 16.6 Å². The minimum atomic E-state index is -0.212. The Bertz CT molecular complexity index is 981. The summed E-state index contributed by atoms with van der Waals surface area (Å²) in [6.45, 7) is 2.14. The van der Waals surface area contributed by atoms with Crippen molar-refractivity contribution in [2.45, 2.75) is 57.1 Å². The smallest absolute Gasteiger partial charge is 0.255 e. The fourth-order valence-corrected chi connectivity index (χ4v) is 4.47. The van der Waals surface area contributed by atoms with Crippen LogP contribution in [-0.2, 0) is 0 Å². The molecule has 0 saturated heterocycles. The number of fused-ring (bicyclic) bond motifs is 1. The average molecular weight is 385 g/mol. The predicted octanol–water partition coefficient (Wildman–Crippen LogP) is 4.87. The molecule has 142 valence electrons. The molecule has 5 heteroatoms. The van der Waals surface area contributed by atoms with Crippen molar-refractivity contribution in [3.8, 4) is 5.75 Å². The van der Waals surface area contributed by atoms with E-state index in [9.17, 15) is 4.79 Å². The van der Waals surface area contributed by atoms with Crippen molar-refractivity contribution < 1.29 is 4.74 Å². The highest BCUT2D eigenvalue weighted by molar-refractivity contribution is 6.32. The van der Waals surface area contributed by atoms with Gasteiger partial charge in [0, 0.05) is 17.1 Å². The molecule has 4 rings (SSSR count). The fourth-order valence-electron chi connectivity index (χ4n) is 4.26. The van der Waals surface area contributed by atoms with Crippen molar-refractivity contribution in [1.82, 2.24) is 4.98 Å². The molecule has 1 aromatic carbocycles. The zero-order valence-electron chi connectivity index (χ0n) is 15.6. The van der Waals surface area contributed by atoms with Crippen molar-refractivity contribution in [3.05, 3.63) is 63.1 Å². The number of halogens is 1. The molecule has 4 nitrogen and oxygen atoms in total. The van der Waals surface area contributed by atoms with Gasteiger partial charge in [0.15, 0.2) is 0 Å². The van der Waals surface area contributed by atoms with Crippen LogP contribution in [0.4, 0.5) is 0 Å². The molecule has 0 spiro atoms. The molecule has 0 amide bonds. The van der Waals surface area contributed by atoms with E-state index in [2.05, 4.69) is 24.1 Å². The molecule has 27 heavy (non-hydrogen) atoms. The summed E-state index contributed by atoms with van der Waals surface area (Å²) in [7, 11) is 0. The van der Waals surface area contributed by atoms with Gasteiger partial charge in [0.2, 0.25) is 0 Å². The summed E-state index contributed by atoms with van der Waals surface area (Å²) in [5.41, 5.74) is 9.10. The van der Waals surface area contributed by atoms with Gasteiger partial charge in [-0.25, -0.2) is 0 Å². The number of pyridine rings is 1. The second-order valence-corrected chi connectivity index (χ2v) is 8.21. The second-order valence-electron chi connectivity index (χ2n) is 7.81. The van der Waals surface area contributed by atoms with Crippen molar-refractivity contribution in [2.75, 3.05) is 0 Å². The molecule has 0 aliphatic heterocycles. The minimum absolute atomic E-state index is 0.0967. The van der Waals surface area contributed by atoms with Crippen molar-refractivity contribution in [3.63, 3.8) is 0 Å². The van der Waals surface area contributed by atoms with Gasteiger partial charge in [-0.15, -0.1) is 0 Å². The van der Waals surface area contributed by atoms with E-state index in [1.165, 1.54) is 11.1 Å². The molecule has 1 saturated carbocycles. The van der Waals surface area contributed by atoms with E-state index in [0.29, 0.717) is 16.2 Å². The van der Waals surface area contributed by atoms with E-state index in [4.69, 9.17) is 22.1 Å². The molecule has 0 unspecified atom stereocenters. The van der Waals surface area contributed by atoms with E-state index in [-0.39, 0.29) is 17.2 Å². The lowest BCUT2D eigenvalue weighted by Gasteiger charge is -2.40. The Hall–Kier alpha value is -2.04. The number of nitrogens with two attached hydrogens (primary N) is 1. The summed E-state index contributed by atoms with van der Waals surface area (Å²) in [4.78, 5) is 14.6. The van der Waals surface area contributed by atoms with Gasteiger partial charge in [-0.3, -0.25) is 4.79 Å². The molecule has 3 N–H and O–H groups in total. The van der Waals surface area contributed by atoms with E-state index >= 15 is 0 Å². The van der Waals surface area contributed by atoms with Gasteiger partial charge in [-0.2, -0.15) is 0 Å². The summed E-state index contributed by atoms with van der Waals surface area (Å²) >= 11 is 6.37. The molecule has 1 heterocycles. The summed E-state index contributed by atoms with van der Waals surface area (Å²) in [5.74, 6) is 0.639. The van der Waals surface area contributed by atoms with Gasteiger partial charge in [0.05, 0.1) is 11.1 Å². The monoisotopic (exact) mass is 384 g/mol. The third kappa shape index (κ3) is 3.69. The highest BCUT2D eigenvalue weighted by atomic mass is 35.5. The Labute approximate surface area is 164 Å². The number of hydrogen-bond acceptors (Lipinski definition) is 3. The maximum atomic E-state index is 11.9. The normalized spacial score (nSPS) is 25.8. The van der Waals surface area contributed by atoms with Gasteiger partial charge in [0.25, 0.3) is 5.56 Å². The van der Waals surface area contributed by atoms with Crippen LogP contribution in [0.15, 0.2) is 52.5 Å². The third-order valence-corrected chi connectivity index (χ3v) is 6.16. The maximum absolute atomic E-state index is 11.9. The van der Waals surface area contributed by atoms with Crippen molar-refractivity contribution >= 4 is 22.4 Å². The highest BCUT2D eigenvalue weighted by Gasteiger charge is 2.36. The van der Waals surface area contributed by atoms with Crippen LogP contribution in [0.5, 0.6) is 5.75 Å². The number of hydrogen-bond donors (Lipinski definition) is 2. The van der Waals surface area contributed by atoms with Gasteiger partial charge in [-0.05, 0) is 74.6 Å². The molecule has 0 atom stereocenters. The Kier molecular flexibility index (Phi) is 4.87. The van der Waals surface area contributed by atoms with Crippen molar-refractivity contribution in [2.24, 2.45) is 5.73 Å². The topological polar surface area (TPSA) is 68.1 Å². The molecular weight excluding hydrogens is 360 g/mol. The summed E-state index contributed by atoms with van der Waals surface area (Å²) < 4.78 is 6.21. The van der Waals surface area contributed by atoms with E-state index in [1.807, 2.05) is 12.1 Å². The van der Waals surface area contributed by atoms with Crippen LogP contribution < -0.4 is 16.0 Å². The molecule has 2 aliphatic rings. The lowest BCUT2D eigenvalue weighted by atomic mass is 9.73. The number of nitrogens with one attached hydrogen (secondary N) is 1. The fraction of sp³-hybridized carbons (Fsp3) is 0.409. The third-order valence-electron chi connectivity index (χ3n) is 5.87. The zero-order chi connectivity index (χ0) is 19.0. The zero-order valence-corrected chi connectivity index (χ0v) is 16.3. The SMILES string of the molecule is CC1=CCCC([C@]2(N)CC[C@@H](Oc3cc4cc[nH]c(=O)c4cc3Cl)CC2)=C1. The van der Waals surface area contributed by atoms with Gasteiger partial charge >= 0.3 is 0 Å². The van der Waals surface area contributed by atoms with Gasteiger partial charge < -0.3 is 15.5 Å². The van der Waals surface area contributed by atoms with E-state index < -0.39 is 0 Å². The molecule has 1 fully saturated rings. The largest absolute Gasteiger partial charge is 0.489 e. The maximum Gasteiger partial charge on any atom is 0.255 e. The standard InChI is InChI=1S/C22H25ClN2O2/c1-14-3-2-4-16(11-14)22(24)8-5-17(6-9-22)27-20-12-15-7-10-25-21(26)18(15)13-19(20)23/h3,7,10-13,17H,2,4-6,8-9,24H2,1H3,(H,25,26)/t17-,22+. The molecule has 2 aliphatic carbocycles. The first-order chi connectivity index (χ1) is 12.9.